The van der Waals surface area contributed by atoms with E-state index in [4.69, 9.17) is 0 Å². The molecular formula is C24H23N3O3S. The minimum absolute atomic E-state index is 0.109. The number of sulfonamides is 1. The fourth-order valence-corrected chi connectivity index (χ4v) is 5.68. The minimum Gasteiger partial charge on any atom is -0.348 e. The maximum absolute atomic E-state index is 13.2. The lowest BCUT2D eigenvalue weighted by atomic mass is 10.0. The molecule has 3 aromatic rings. The average molecular weight is 434 g/mol. The van der Waals surface area contributed by atoms with Gasteiger partial charge in [0.15, 0.2) is 5.84 Å². The van der Waals surface area contributed by atoms with E-state index in [9.17, 15) is 13.2 Å². The van der Waals surface area contributed by atoms with E-state index >= 15 is 0 Å². The molecule has 5 rings (SSSR count). The van der Waals surface area contributed by atoms with Gasteiger partial charge in [-0.1, -0.05) is 48.5 Å². The number of carbonyl (C=O) groups is 1. The predicted molar refractivity (Wildman–Crippen MR) is 120 cm³/mol. The maximum Gasteiger partial charge on any atom is 0.285 e. The molecule has 31 heavy (non-hydrogen) atoms. The molecule has 0 aliphatic carbocycles. The first-order valence-electron chi connectivity index (χ1n) is 10.4. The second-order valence-electron chi connectivity index (χ2n) is 8.07. The molecule has 0 spiro atoms. The number of amidine groups is 1. The molecule has 1 fully saturated rings. The van der Waals surface area contributed by atoms with Crippen molar-refractivity contribution in [2.45, 2.75) is 36.7 Å². The van der Waals surface area contributed by atoms with Crippen LogP contribution in [0.3, 0.4) is 0 Å². The number of hydrogen-bond acceptors (Lipinski definition) is 4. The summed E-state index contributed by atoms with van der Waals surface area (Å²) in [6.45, 7) is 2.57. The van der Waals surface area contributed by atoms with E-state index in [1.54, 1.807) is 24.3 Å². The third-order valence-corrected chi connectivity index (χ3v) is 7.40. The molecule has 2 aliphatic heterocycles. The van der Waals surface area contributed by atoms with Crippen LogP contribution in [0.1, 0.15) is 36.9 Å². The van der Waals surface area contributed by atoms with Crippen molar-refractivity contribution in [1.29, 1.82) is 0 Å². The second kappa shape index (κ2) is 7.50. The van der Waals surface area contributed by atoms with Gasteiger partial charge in [0.25, 0.3) is 10.0 Å². The number of rotatable bonds is 3. The van der Waals surface area contributed by atoms with Crippen LogP contribution in [0, 0.1) is 0 Å². The van der Waals surface area contributed by atoms with Gasteiger partial charge >= 0.3 is 0 Å². The highest BCUT2D eigenvalue weighted by molar-refractivity contribution is 7.90. The fraction of sp³-hybridized carbons (Fsp3) is 0.250. The van der Waals surface area contributed by atoms with Crippen LogP contribution in [0.15, 0.2) is 76.0 Å². The Kier molecular flexibility index (Phi) is 4.78. The zero-order valence-corrected chi connectivity index (χ0v) is 18.0. The quantitative estimate of drug-likeness (QED) is 0.684. The Bertz CT molecular complexity index is 1320. The fourth-order valence-electron chi connectivity index (χ4n) is 4.46. The van der Waals surface area contributed by atoms with Crippen LogP contribution in [0.5, 0.6) is 0 Å². The summed E-state index contributed by atoms with van der Waals surface area (Å²) in [4.78, 5) is 15.2. The molecule has 2 aliphatic rings. The van der Waals surface area contributed by atoms with Crippen LogP contribution < -0.4 is 5.32 Å². The Morgan fingerprint density at radius 3 is 2.65 bits per heavy atom. The van der Waals surface area contributed by atoms with Gasteiger partial charge in [-0.25, -0.2) is 0 Å². The number of benzene rings is 3. The Balaban J connectivity index is 1.38. The van der Waals surface area contributed by atoms with Gasteiger partial charge in [0, 0.05) is 12.1 Å². The standard InChI is InChI=1S/C24H23N3O3S/c1-16(18-13-12-17-7-2-3-8-19(17)15-18)25-24(28)21-10-6-14-27(21)23-20-9-4-5-11-22(20)31(29,30)26-23/h2-5,7-9,11-13,15-16,21H,6,10,14H2,1H3,(H,25,28)/t16?,21-/m0/s1. The highest BCUT2D eigenvalue weighted by Gasteiger charge is 2.39. The monoisotopic (exact) mass is 433 g/mol. The molecule has 1 unspecified atom stereocenters. The lowest BCUT2D eigenvalue weighted by Gasteiger charge is -2.27. The number of fused-ring (bicyclic) bond motifs is 2. The molecule has 2 heterocycles. The zero-order chi connectivity index (χ0) is 21.6. The number of carbonyl (C=O) groups excluding carboxylic acids is 1. The molecular weight excluding hydrogens is 410 g/mol. The van der Waals surface area contributed by atoms with Gasteiger partial charge in [-0.05, 0) is 54.3 Å². The molecule has 0 radical (unpaired) electrons. The Morgan fingerprint density at radius 1 is 1.06 bits per heavy atom. The first kappa shape index (κ1) is 19.8. The van der Waals surface area contributed by atoms with Crippen molar-refractivity contribution in [3.05, 3.63) is 77.9 Å². The Hall–Kier alpha value is -3.19. The molecule has 3 aromatic carbocycles. The average Bonchev–Trinajstić information content (AvgIpc) is 3.36. The summed E-state index contributed by atoms with van der Waals surface area (Å²) in [5, 5.41) is 5.40. The third-order valence-electron chi connectivity index (χ3n) is 6.07. The predicted octanol–water partition coefficient (Wildman–Crippen LogP) is 3.63. The summed E-state index contributed by atoms with van der Waals surface area (Å²) in [6.07, 6.45) is 1.47. The Morgan fingerprint density at radius 2 is 1.81 bits per heavy atom. The van der Waals surface area contributed by atoms with Gasteiger partial charge in [-0.2, -0.15) is 8.42 Å². The van der Waals surface area contributed by atoms with E-state index in [1.807, 2.05) is 30.0 Å². The number of likely N-dealkylation sites (tertiary alicyclic amines) is 1. The molecule has 0 saturated carbocycles. The Labute approximate surface area is 181 Å². The smallest absolute Gasteiger partial charge is 0.285 e. The van der Waals surface area contributed by atoms with Crippen LogP contribution >= 0.6 is 0 Å². The topological polar surface area (TPSA) is 78.8 Å². The second-order valence-corrected chi connectivity index (χ2v) is 9.65. The van der Waals surface area contributed by atoms with Gasteiger partial charge in [0.1, 0.15) is 10.9 Å². The summed E-state index contributed by atoms with van der Waals surface area (Å²) in [7, 11) is -3.71. The summed E-state index contributed by atoms with van der Waals surface area (Å²) in [5.41, 5.74) is 1.60. The van der Waals surface area contributed by atoms with Crippen LogP contribution in [-0.4, -0.2) is 37.6 Å². The van der Waals surface area contributed by atoms with Crippen molar-refractivity contribution >= 4 is 32.5 Å². The minimum atomic E-state index is -3.71. The van der Waals surface area contributed by atoms with Crippen LogP contribution in [0.2, 0.25) is 0 Å². The van der Waals surface area contributed by atoms with Crippen molar-refractivity contribution in [2.24, 2.45) is 4.40 Å². The molecule has 6 nitrogen and oxygen atoms in total. The van der Waals surface area contributed by atoms with E-state index in [-0.39, 0.29) is 16.8 Å². The molecule has 158 valence electrons. The number of amides is 1. The molecule has 0 aromatic heterocycles. The largest absolute Gasteiger partial charge is 0.348 e. The van der Waals surface area contributed by atoms with Gasteiger partial charge < -0.3 is 10.2 Å². The van der Waals surface area contributed by atoms with Crippen LogP contribution in [0.25, 0.3) is 10.8 Å². The van der Waals surface area contributed by atoms with E-state index in [1.165, 1.54) is 0 Å². The van der Waals surface area contributed by atoms with E-state index in [0.717, 1.165) is 22.8 Å². The lowest BCUT2D eigenvalue weighted by molar-refractivity contribution is -0.125. The number of hydrogen-bond donors (Lipinski definition) is 1. The summed E-state index contributed by atoms with van der Waals surface area (Å²) in [6, 6.07) is 20.5. The molecule has 1 N–H and O–H groups in total. The van der Waals surface area contributed by atoms with Crippen LogP contribution in [0.4, 0.5) is 0 Å². The van der Waals surface area contributed by atoms with Crippen molar-refractivity contribution < 1.29 is 13.2 Å². The van der Waals surface area contributed by atoms with E-state index in [2.05, 4.69) is 34.0 Å². The molecule has 7 heteroatoms. The third kappa shape index (κ3) is 3.49. The maximum atomic E-state index is 13.2. The van der Waals surface area contributed by atoms with Gasteiger partial charge in [-0.3, -0.25) is 4.79 Å². The molecule has 1 saturated heterocycles. The SMILES string of the molecule is CC(NC(=O)[C@@H]1CCCN1C1=NS(=O)(=O)c2ccccc21)c1ccc2ccccc2c1. The zero-order valence-electron chi connectivity index (χ0n) is 17.2. The molecule has 2 atom stereocenters. The first-order chi connectivity index (χ1) is 14.9. The van der Waals surface area contributed by atoms with Crippen molar-refractivity contribution in [2.75, 3.05) is 6.54 Å². The van der Waals surface area contributed by atoms with Crippen molar-refractivity contribution in [1.82, 2.24) is 10.2 Å². The van der Waals surface area contributed by atoms with E-state index in [0.29, 0.717) is 24.4 Å². The summed E-state index contributed by atoms with van der Waals surface area (Å²) in [5.74, 6) is 0.272. The molecule has 1 amide bonds. The normalized spacial score (nSPS) is 20.4. The van der Waals surface area contributed by atoms with E-state index < -0.39 is 16.1 Å². The first-order valence-corrected chi connectivity index (χ1v) is 11.9. The highest BCUT2D eigenvalue weighted by Crippen LogP contribution is 2.31. The lowest BCUT2D eigenvalue weighted by Crippen LogP contribution is -2.46. The summed E-state index contributed by atoms with van der Waals surface area (Å²) < 4.78 is 28.9. The van der Waals surface area contributed by atoms with Crippen LogP contribution in [-0.2, 0) is 14.8 Å². The molecule has 0 bridgehead atoms. The van der Waals surface area contributed by atoms with Gasteiger partial charge in [0.05, 0.1) is 6.04 Å². The number of nitrogens with one attached hydrogen (secondary N) is 1. The van der Waals surface area contributed by atoms with Crippen molar-refractivity contribution in [3.63, 3.8) is 0 Å². The summed E-state index contributed by atoms with van der Waals surface area (Å²) >= 11 is 0. The van der Waals surface area contributed by atoms with Gasteiger partial charge in [0.2, 0.25) is 5.91 Å². The van der Waals surface area contributed by atoms with Gasteiger partial charge in [-0.15, -0.1) is 4.40 Å². The highest BCUT2D eigenvalue weighted by atomic mass is 32.2. The van der Waals surface area contributed by atoms with Crippen molar-refractivity contribution in [3.8, 4) is 0 Å². The number of nitrogens with zero attached hydrogens (tertiary/aromatic N) is 2.